The van der Waals surface area contributed by atoms with Crippen LogP contribution in [0.2, 0.25) is 0 Å². The molecule has 0 saturated carbocycles. The SMILES string of the molecule is CC(C)C(N)CCN(C)C(=O)CC(NC(=O)c1ccccc1)c1ccccc1.Cl. The molecule has 2 amide bonds. The Kier molecular flexibility index (Phi) is 10.4. The normalized spacial score (nSPS) is 12.6. The van der Waals surface area contributed by atoms with Crippen LogP contribution in [0.1, 0.15) is 48.7 Å². The fourth-order valence-electron chi connectivity index (χ4n) is 2.90. The molecular weight excluding hydrogens is 386 g/mol. The van der Waals surface area contributed by atoms with Crippen molar-refractivity contribution in [3.05, 3.63) is 71.8 Å². The van der Waals surface area contributed by atoms with E-state index >= 15 is 0 Å². The average Bonchev–Trinajstić information content (AvgIpc) is 2.72. The van der Waals surface area contributed by atoms with Crippen molar-refractivity contribution >= 4 is 24.2 Å². The Labute approximate surface area is 180 Å². The van der Waals surface area contributed by atoms with Crippen molar-refractivity contribution in [2.24, 2.45) is 11.7 Å². The molecule has 2 aromatic rings. The maximum atomic E-state index is 12.8. The van der Waals surface area contributed by atoms with Crippen LogP contribution in [-0.4, -0.2) is 36.3 Å². The number of nitrogens with zero attached hydrogens (tertiary/aromatic N) is 1. The Bertz CT molecular complexity index is 753. The number of nitrogens with one attached hydrogen (secondary N) is 1. The number of hydrogen-bond acceptors (Lipinski definition) is 3. The van der Waals surface area contributed by atoms with E-state index in [-0.39, 0.29) is 42.7 Å². The second-order valence-electron chi connectivity index (χ2n) is 7.52. The summed E-state index contributed by atoms with van der Waals surface area (Å²) in [7, 11) is 1.79. The molecule has 0 heterocycles. The summed E-state index contributed by atoms with van der Waals surface area (Å²) in [5.74, 6) is 0.177. The summed E-state index contributed by atoms with van der Waals surface area (Å²) in [4.78, 5) is 27.1. The highest BCUT2D eigenvalue weighted by molar-refractivity contribution is 5.94. The standard InChI is InChI=1S/C23H31N3O2.ClH/c1-17(2)20(24)14-15-26(3)22(27)16-21(18-10-6-4-7-11-18)25-23(28)19-12-8-5-9-13-19;/h4-13,17,20-21H,14-16,24H2,1-3H3,(H,25,28);1H. The summed E-state index contributed by atoms with van der Waals surface area (Å²) >= 11 is 0. The van der Waals surface area contributed by atoms with Crippen molar-refractivity contribution in [1.82, 2.24) is 10.2 Å². The molecule has 6 heteroatoms. The Hall–Kier alpha value is -2.37. The Balaban J connectivity index is 0.00000420. The van der Waals surface area contributed by atoms with Crippen LogP contribution in [0.5, 0.6) is 0 Å². The van der Waals surface area contributed by atoms with Gasteiger partial charge in [-0.15, -0.1) is 12.4 Å². The van der Waals surface area contributed by atoms with Crippen molar-refractivity contribution in [1.29, 1.82) is 0 Å². The van der Waals surface area contributed by atoms with Gasteiger partial charge in [0.25, 0.3) is 5.91 Å². The third-order valence-electron chi connectivity index (χ3n) is 5.00. The van der Waals surface area contributed by atoms with Crippen LogP contribution in [0.3, 0.4) is 0 Å². The van der Waals surface area contributed by atoms with Gasteiger partial charge in [0, 0.05) is 25.2 Å². The lowest BCUT2D eigenvalue weighted by atomic mass is 10.0. The highest BCUT2D eigenvalue weighted by Gasteiger charge is 2.21. The molecule has 0 spiro atoms. The maximum Gasteiger partial charge on any atom is 0.251 e. The quantitative estimate of drug-likeness (QED) is 0.651. The molecule has 158 valence electrons. The Morgan fingerprint density at radius 3 is 2.10 bits per heavy atom. The molecule has 0 aliphatic carbocycles. The smallest absolute Gasteiger partial charge is 0.251 e. The fraction of sp³-hybridized carbons (Fsp3) is 0.391. The molecule has 2 atom stereocenters. The van der Waals surface area contributed by atoms with Gasteiger partial charge < -0.3 is 16.0 Å². The second-order valence-corrected chi connectivity index (χ2v) is 7.52. The third-order valence-corrected chi connectivity index (χ3v) is 5.00. The van der Waals surface area contributed by atoms with Crippen LogP contribution >= 0.6 is 12.4 Å². The van der Waals surface area contributed by atoms with Crippen molar-refractivity contribution < 1.29 is 9.59 Å². The summed E-state index contributed by atoms with van der Waals surface area (Å²) in [5.41, 5.74) is 7.58. The van der Waals surface area contributed by atoms with E-state index in [2.05, 4.69) is 19.2 Å². The second kappa shape index (κ2) is 12.2. The van der Waals surface area contributed by atoms with Gasteiger partial charge in [-0.25, -0.2) is 0 Å². The summed E-state index contributed by atoms with van der Waals surface area (Å²) < 4.78 is 0. The van der Waals surface area contributed by atoms with E-state index in [1.807, 2.05) is 48.5 Å². The van der Waals surface area contributed by atoms with Crippen molar-refractivity contribution in [3.63, 3.8) is 0 Å². The lowest BCUT2D eigenvalue weighted by molar-refractivity contribution is -0.130. The van der Waals surface area contributed by atoms with Crippen LogP contribution in [-0.2, 0) is 4.79 Å². The number of rotatable bonds is 9. The van der Waals surface area contributed by atoms with Crippen molar-refractivity contribution in [2.45, 2.75) is 38.8 Å². The summed E-state index contributed by atoms with van der Waals surface area (Å²) in [6.07, 6.45) is 0.961. The minimum Gasteiger partial charge on any atom is -0.346 e. The van der Waals surface area contributed by atoms with Gasteiger partial charge in [-0.3, -0.25) is 9.59 Å². The minimum atomic E-state index is -0.386. The predicted octanol–water partition coefficient (Wildman–Crippen LogP) is 3.80. The van der Waals surface area contributed by atoms with Gasteiger partial charge in [0.15, 0.2) is 0 Å². The van der Waals surface area contributed by atoms with Crippen LogP contribution in [0.4, 0.5) is 0 Å². The van der Waals surface area contributed by atoms with Crippen molar-refractivity contribution in [3.8, 4) is 0 Å². The lowest BCUT2D eigenvalue weighted by Gasteiger charge is -2.25. The van der Waals surface area contributed by atoms with Gasteiger partial charge in [-0.1, -0.05) is 62.4 Å². The topological polar surface area (TPSA) is 75.4 Å². The van der Waals surface area contributed by atoms with Gasteiger partial charge in [0.1, 0.15) is 0 Å². The van der Waals surface area contributed by atoms with Gasteiger partial charge in [-0.2, -0.15) is 0 Å². The molecular formula is C23H32ClN3O2. The highest BCUT2D eigenvalue weighted by Crippen LogP contribution is 2.19. The van der Waals surface area contributed by atoms with E-state index in [1.165, 1.54) is 0 Å². The first-order valence-corrected chi connectivity index (χ1v) is 9.79. The summed E-state index contributed by atoms with van der Waals surface area (Å²) in [6, 6.07) is 18.3. The molecule has 0 radical (unpaired) electrons. The first-order chi connectivity index (χ1) is 13.4. The molecule has 0 aliphatic rings. The molecule has 5 nitrogen and oxygen atoms in total. The molecule has 0 aliphatic heterocycles. The number of nitrogens with two attached hydrogens (primary N) is 1. The van der Waals surface area contributed by atoms with Gasteiger partial charge in [-0.05, 0) is 30.0 Å². The molecule has 2 rings (SSSR count). The number of hydrogen-bond donors (Lipinski definition) is 2. The van der Waals surface area contributed by atoms with Crippen molar-refractivity contribution in [2.75, 3.05) is 13.6 Å². The molecule has 3 N–H and O–H groups in total. The highest BCUT2D eigenvalue weighted by atomic mass is 35.5. The molecule has 0 saturated heterocycles. The Morgan fingerprint density at radius 2 is 1.55 bits per heavy atom. The number of halogens is 1. The van der Waals surface area contributed by atoms with Gasteiger partial charge >= 0.3 is 0 Å². The zero-order chi connectivity index (χ0) is 20.5. The molecule has 0 aromatic heterocycles. The average molecular weight is 418 g/mol. The van der Waals surface area contributed by atoms with Crippen LogP contribution < -0.4 is 11.1 Å². The monoisotopic (exact) mass is 417 g/mol. The number of amides is 2. The number of carbonyl (C=O) groups excluding carboxylic acids is 2. The van der Waals surface area contributed by atoms with E-state index in [0.29, 0.717) is 18.0 Å². The molecule has 0 bridgehead atoms. The maximum absolute atomic E-state index is 12.8. The Morgan fingerprint density at radius 1 is 1.00 bits per heavy atom. The minimum absolute atomic E-state index is 0. The van der Waals surface area contributed by atoms with Crippen LogP contribution in [0.15, 0.2) is 60.7 Å². The molecule has 2 unspecified atom stereocenters. The fourth-order valence-corrected chi connectivity index (χ4v) is 2.90. The zero-order valence-electron chi connectivity index (χ0n) is 17.4. The van der Waals surface area contributed by atoms with Gasteiger partial charge in [0.05, 0.1) is 12.5 Å². The first-order valence-electron chi connectivity index (χ1n) is 9.79. The number of benzene rings is 2. The van der Waals surface area contributed by atoms with E-state index in [4.69, 9.17) is 5.73 Å². The molecule has 29 heavy (non-hydrogen) atoms. The zero-order valence-corrected chi connectivity index (χ0v) is 18.2. The first kappa shape index (κ1) is 24.7. The van der Waals surface area contributed by atoms with E-state index in [0.717, 1.165) is 12.0 Å². The van der Waals surface area contributed by atoms with Gasteiger partial charge in [0.2, 0.25) is 5.91 Å². The molecule has 2 aromatic carbocycles. The van der Waals surface area contributed by atoms with E-state index < -0.39 is 0 Å². The van der Waals surface area contributed by atoms with Crippen LogP contribution in [0, 0.1) is 5.92 Å². The predicted molar refractivity (Wildman–Crippen MR) is 120 cm³/mol. The van der Waals surface area contributed by atoms with E-state index in [9.17, 15) is 9.59 Å². The third kappa shape index (κ3) is 7.87. The summed E-state index contributed by atoms with van der Waals surface area (Å²) in [6.45, 7) is 4.76. The molecule has 0 fully saturated rings. The van der Waals surface area contributed by atoms with Crippen LogP contribution in [0.25, 0.3) is 0 Å². The van der Waals surface area contributed by atoms with E-state index in [1.54, 1.807) is 24.1 Å². The lowest BCUT2D eigenvalue weighted by Crippen LogP contribution is -2.37. The largest absolute Gasteiger partial charge is 0.346 e. The summed E-state index contributed by atoms with van der Waals surface area (Å²) in [5, 5.41) is 3.01. The number of carbonyl (C=O) groups is 2.